The second kappa shape index (κ2) is 3.91. The van der Waals surface area contributed by atoms with Gasteiger partial charge in [-0.1, -0.05) is 12.1 Å². The molecule has 0 fully saturated rings. The normalized spacial score (nSPS) is 12.4. The third kappa shape index (κ3) is 1.59. The van der Waals surface area contributed by atoms with Crippen LogP contribution in [0.25, 0.3) is 0 Å². The summed E-state index contributed by atoms with van der Waals surface area (Å²) in [6, 6.07) is 10.7. The highest BCUT2D eigenvalue weighted by atomic mass is 16.4. The van der Waals surface area contributed by atoms with Gasteiger partial charge in [0.1, 0.15) is 0 Å². The molecule has 0 radical (unpaired) electrons. The van der Waals surface area contributed by atoms with E-state index in [0.717, 1.165) is 17.1 Å². The minimum atomic E-state index is -0.946. The lowest BCUT2D eigenvalue weighted by Crippen LogP contribution is -2.21. The number of rotatable bonds is 1. The van der Waals surface area contributed by atoms with Crippen molar-refractivity contribution in [1.29, 1.82) is 0 Å². The molecule has 0 spiro atoms. The summed E-state index contributed by atoms with van der Waals surface area (Å²) in [5.74, 6) is -0.946. The average Bonchev–Trinajstić information content (AvgIpc) is 2.39. The van der Waals surface area contributed by atoms with Crippen molar-refractivity contribution >= 4 is 34.4 Å². The summed E-state index contributed by atoms with van der Waals surface area (Å²) < 4.78 is 0. The number of carbonyl (C=O) groups is 1. The van der Waals surface area contributed by atoms with E-state index in [4.69, 9.17) is 5.73 Å². The standard InChI is InChI=1S/C14H13N3O2/c1-17-11-7-3-5-9(15)12(11)16-10-6-2-4-8(13(10)17)14(18)19/h2-7,16H,15H2,1H3,(H,18,19). The quantitative estimate of drug-likeness (QED) is 0.683. The van der Waals surface area contributed by atoms with Gasteiger partial charge in [-0.2, -0.15) is 0 Å². The highest BCUT2D eigenvalue weighted by Crippen LogP contribution is 2.46. The van der Waals surface area contributed by atoms with Crippen molar-refractivity contribution in [2.45, 2.75) is 0 Å². The number of nitrogens with one attached hydrogen (secondary N) is 1. The predicted octanol–water partition coefficient (Wildman–Crippen LogP) is 2.79. The summed E-state index contributed by atoms with van der Waals surface area (Å²) >= 11 is 0. The van der Waals surface area contributed by atoms with Crippen LogP contribution < -0.4 is 16.0 Å². The molecule has 2 aromatic rings. The number of fused-ring (bicyclic) bond motifs is 2. The van der Waals surface area contributed by atoms with Crippen LogP contribution in [0.1, 0.15) is 10.4 Å². The van der Waals surface area contributed by atoms with Crippen molar-refractivity contribution < 1.29 is 9.90 Å². The average molecular weight is 255 g/mol. The lowest BCUT2D eigenvalue weighted by molar-refractivity contribution is 0.0697. The van der Waals surface area contributed by atoms with Crippen molar-refractivity contribution in [3.63, 3.8) is 0 Å². The van der Waals surface area contributed by atoms with Gasteiger partial charge >= 0.3 is 5.97 Å². The molecule has 0 saturated heterocycles. The Balaban J connectivity index is 2.25. The van der Waals surface area contributed by atoms with Crippen LogP contribution in [0.3, 0.4) is 0 Å². The minimum Gasteiger partial charge on any atom is -0.478 e. The third-order valence-corrected chi connectivity index (χ3v) is 3.30. The molecule has 0 amide bonds. The van der Waals surface area contributed by atoms with E-state index in [2.05, 4.69) is 5.32 Å². The summed E-state index contributed by atoms with van der Waals surface area (Å²) in [4.78, 5) is 13.2. The lowest BCUT2D eigenvalue weighted by atomic mass is 10.0. The minimum absolute atomic E-state index is 0.264. The van der Waals surface area contributed by atoms with E-state index in [1.165, 1.54) is 0 Å². The van der Waals surface area contributed by atoms with Crippen LogP contribution in [-0.2, 0) is 0 Å². The number of hydrogen-bond acceptors (Lipinski definition) is 4. The molecule has 0 aromatic heterocycles. The molecular weight excluding hydrogens is 242 g/mol. The molecule has 0 saturated carbocycles. The van der Waals surface area contributed by atoms with Gasteiger partial charge in [-0.3, -0.25) is 0 Å². The summed E-state index contributed by atoms with van der Waals surface area (Å²) in [6.45, 7) is 0. The first-order valence-electron chi connectivity index (χ1n) is 5.85. The molecule has 0 bridgehead atoms. The number of para-hydroxylation sites is 2. The van der Waals surface area contributed by atoms with E-state index in [9.17, 15) is 9.90 Å². The molecule has 4 N–H and O–H groups in total. The molecule has 96 valence electrons. The van der Waals surface area contributed by atoms with Gasteiger partial charge in [0, 0.05) is 7.05 Å². The summed E-state index contributed by atoms with van der Waals surface area (Å²) in [6.07, 6.45) is 0. The van der Waals surface area contributed by atoms with Crippen LogP contribution >= 0.6 is 0 Å². The Kier molecular flexibility index (Phi) is 2.35. The molecule has 3 rings (SSSR count). The van der Waals surface area contributed by atoms with E-state index in [-0.39, 0.29) is 5.56 Å². The first kappa shape index (κ1) is 11.4. The van der Waals surface area contributed by atoms with Crippen molar-refractivity contribution in [2.24, 2.45) is 0 Å². The van der Waals surface area contributed by atoms with E-state index in [1.54, 1.807) is 12.1 Å². The number of hydrogen-bond donors (Lipinski definition) is 3. The SMILES string of the molecule is CN1c2cccc(N)c2Nc2cccc(C(=O)O)c21. The van der Waals surface area contributed by atoms with E-state index < -0.39 is 5.97 Å². The highest BCUT2D eigenvalue weighted by molar-refractivity contribution is 6.05. The maximum absolute atomic E-state index is 11.3. The van der Waals surface area contributed by atoms with Crippen LogP contribution in [0, 0.1) is 0 Å². The molecule has 19 heavy (non-hydrogen) atoms. The van der Waals surface area contributed by atoms with Gasteiger partial charge in [0.25, 0.3) is 0 Å². The van der Waals surface area contributed by atoms with Crippen LogP contribution in [0.15, 0.2) is 36.4 Å². The zero-order chi connectivity index (χ0) is 13.6. The number of carboxylic acid groups (broad SMARTS) is 1. The highest BCUT2D eigenvalue weighted by Gasteiger charge is 2.25. The number of nitrogens with two attached hydrogens (primary N) is 1. The molecule has 1 aliphatic heterocycles. The Morgan fingerprint density at radius 1 is 1.26 bits per heavy atom. The third-order valence-electron chi connectivity index (χ3n) is 3.30. The number of nitrogen functional groups attached to an aromatic ring is 1. The number of anilines is 5. The Morgan fingerprint density at radius 2 is 2.00 bits per heavy atom. The Hall–Kier alpha value is -2.69. The first-order valence-corrected chi connectivity index (χ1v) is 5.85. The van der Waals surface area contributed by atoms with Crippen LogP contribution in [0.4, 0.5) is 28.4 Å². The maximum Gasteiger partial charge on any atom is 0.337 e. The topological polar surface area (TPSA) is 78.6 Å². The molecule has 0 unspecified atom stereocenters. The van der Waals surface area contributed by atoms with Gasteiger partial charge in [-0.15, -0.1) is 0 Å². The summed E-state index contributed by atoms with van der Waals surface area (Å²) in [5, 5.41) is 12.5. The second-order valence-corrected chi connectivity index (χ2v) is 4.43. The zero-order valence-corrected chi connectivity index (χ0v) is 10.3. The molecule has 5 heteroatoms. The first-order chi connectivity index (χ1) is 9.09. The fourth-order valence-corrected chi connectivity index (χ4v) is 2.41. The molecule has 1 aliphatic rings. The fraction of sp³-hybridized carbons (Fsp3) is 0.0714. The monoisotopic (exact) mass is 255 g/mol. The lowest BCUT2D eigenvalue weighted by Gasteiger charge is -2.32. The van der Waals surface area contributed by atoms with Crippen LogP contribution in [-0.4, -0.2) is 18.1 Å². The number of nitrogens with zero attached hydrogens (tertiary/aromatic N) is 1. The Labute approximate surface area is 110 Å². The van der Waals surface area contributed by atoms with Gasteiger partial charge in [-0.05, 0) is 24.3 Å². The molecule has 5 nitrogen and oxygen atoms in total. The smallest absolute Gasteiger partial charge is 0.337 e. The predicted molar refractivity (Wildman–Crippen MR) is 75.6 cm³/mol. The van der Waals surface area contributed by atoms with Gasteiger partial charge in [0.2, 0.25) is 0 Å². The van der Waals surface area contributed by atoms with E-state index in [1.807, 2.05) is 36.2 Å². The molecule has 0 atom stereocenters. The van der Waals surface area contributed by atoms with E-state index in [0.29, 0.717) is 11.4 Å². The van der Waals surface area contributed by atoms with Crippen LogP contribution in [0.5, 0.6) is 0 Å². The van der Waals surface area contributed by atoms with Gasteiger partial charge in [0.15, 0.2) is 0 Å². The van der Waals surface area contributed by atoms with E-state index >= 15 is 0 Å². The summed E-state index contributed by atoms with van der Waals surface area (Å²) in [5.41, 5.74) is 9.91. The Bertz CT molecular complexity index is 682. The van der Waals surface area contributed by atoms with Crippen molar-refractivity contribution in [3.05, 3.63) is 42.0 Å². The fourth-order valence-electron chi connectivity index (χ4n) is 2.41. The molecule has 2 aromatic carbocycles. The van der Waals surface area contributed by atoms with Crippen LogP contribution in [0.2, 0.25) is 0 Å². The van der Waals surface area contributed by atoms with Crippen molar-refractivity contribution in [1.82, 2.24) is 0 Å². The molecule has 1 heterocycles. The maximum atomic E-state index is 11.3. The van der Waals surface area contributed by atoms with Crippen molar-refractivity contribution in [3.8, 4) is 0 Å². The summed E-state index contributed by atoms with van der Waals surface area (Å²) in [7, 11) is 1.84. The second-order valence-electron chi connectivity index (χ2n) is 4.43. The largest absolute Gasteiger partial charge is 0.478 e. The van der Waals surface area contributed by atoms with Gasteiger partial charge in [0.05, 0.1) is 34.0 Å². The van der Waals surface area contributed by atoms with Gasteiger partial charge < -0.3 is 21.1 Å². The zero-order valence-electron chi connectivity index (χ0n) is 10.3. The number of aromatic carboxylic acids is 1. The number of carboxylic acids is 1. The van der Waals surface area contributed by atoms with Gasteiger partial charge in [-0.25, -0.2) is 4.79 Å². The molecular formula is C14H13N3O2. The number of benzene rings is 2. The molecule has 0 aliphatic carbocycles. The van der Waals surface area contributed by atoms with Crippen molar-refractivity contribution in [2.75, 3.05) is 23.0 Å². The Morgan fingerprint density at radius 3 is 2.74 bits per heavy atom.